The summed E-state index contributed by atoms with van der Waals surface area (Å²) in [4.78, 5) is 5.78. The van der Waals surface area contributed by atoms with Crippen LogP contribution in [-0.2, 0) is 17.1 Å². The summed E-state index contributed by atoms with van der Waals surface area (Å²) in [5, 5.41) is 0. The van der Waals surface area contributed by atoms with E-state index in [4.69, 9.17) is 0 Å². The topological polar surface area (TPSA) is 6.48 Å². The molecule has 1 aliphatic rings. The molecule has 0 aromatic heterocycles. The maximum atomic E-state index is 2.89. The maximum Gasteiger partial charge on any atom is 2.00 e. The molecule has 0 saturated heterocycles. The van der Waals surface area contributed by atoms with E-state index in [1.54, 1.807) is 0 Å². The quantitative estimate of drug-likeness (QED) is 0.331. The van der Waals surface area contributed by atoms with Crippen LogP contribution in [0.5, 0.6) is 0 Å². The van der Waals surface area contributed by atoms with E-state index in [2.05, 4.69) is 37.5 Å². The van der Waals surface area contributed by atoms with E-state index >= 15 is 0 Å². The monoisotopic (exact) mass is 471 g/mol. The van der Waals surface area contributed by atoms with Crippen LogP contribution < -0.4 is 24.8 Å². The van der Waals surface area contributed by atoms with Gasteiger partial charge in [-0.25, -0.2) is 0 Å². The van der Waals surface area contributed by atoms with Gasteiger partial charge in [0.2, 0.25) is 0 Å². The first-order chi connectivity index (χ1) is 11.8. The SMILES string of the molecule is CCCCN(CCCC)C1CCCCC1N(CCCC)CCCC.[Cl-].[Cl-].[Cu+2]. The number of nitrogens with zero attached hydrogens (tertiary/aromatic N) is 2. The van der Waals surface area contributed by atoms with Crippen molar-refractivity contribution < 1.29 is 41.9 Å². The smallest absolute Gasteiger partial charge is 1.00 e. The van der Waals surface area contributed by atoms with E-state index in [0.717, 1.165) is 12.1 Å². The van der Waals surface area contributed by atoms with E-state index in [-0.39, 0.29) is 41.9 Å². The molecule has 0 aromatic carbocycles. The zero-order chi connectivity index (χ0) is 17.6. The van der Waals surface area contributed by atoms with Gasteiger partial charge in [-0.1, -0.05) is 66.2 Å². The fourth-order valence-corrected chi connectivity index (χ4v) is 4.28. The van der Waals surface area contributed by atoms with Crippen molar-refractivity contribution in [1.29, 1.82) is 0 Å². The molecule has 169 valence electrons. The molecule has 0 aromatic rings. The molecule has 2 atom stereocenters. The summed E-state index contributed by atoms with van der Waals surface area (Å²) in [6, 6.07) is 1.65. The minimum Gasteiger partial charge on any atom is -1.00 e. The Morgan fingerprint density at radius 1 is 0.556 bits per heavy atom. The van der Waals surface area contributed by atoms with Crippen molar-refractivity contribution in [2.24, 2.45) is 0 Å². The van der Waals surface area contributed by atoms with Crippen molar-refractivity contribution in [3.63, 3.8) is 0 Å². The molecule has 2 nitrogen and oxygen atoms in total. The average molecular weight is 473 g/mol. The van der Waals surface area contributed by atoms with E-state index in [0.29, 0.717) is 0 Å². The van der Waals surface area contributed by atoms with Gasteiger partial charge in [0.25, 0.3) is 0 Å². The molecule has 27 heavy (non-hydrogen) atoms. The van der Waals surface area contributed by atoms with Gasteiger partial charge < -0.3 is 24.8 Å². The van der Waals surface area contributed by atoms with Crippen molar-refractivity contribution in [3.05, 3.63) is 0 Å². The molecule has 2 unspecified atom stereocenters. The summed E-state index contributed by atoms with van der Waals surface area (Å²) in [7, 11) is 0. The van der Waals surface area contributed by atoms with Gasteiger partial charge in [0.15, 0.2) is 0 Å². The first-order valence-electron chi connectivity index (χ1n) is 11.3. The number of unbranched alkanes of at least 4 members (excludes halogenated alkanes) is 4. The third-order valence-electron chi connectivity index (χ3n) is 5.83. The minimum absolute atomic E-state index is 0. The van der Waals surface area contributed by atoms with Crippen LogP contribution in [-0.4, -0.2) is 48.1 Å². The predicted octanol–water partition coefficient (Wildman–Crippen LogP) is 0.108. The Bertz CT molecular complexity index is 251. The summed E-state index contributed by atoms with van der Waals surface area (Å²) < 4.78 is 0. The van der Waals surface area contributed by atoms with Gasteiger partial charge in [0.05, 0.1) is 0 Å². The van der Waals surface area contributed by atoms with Crippen LogP contribution in [0.2, 0.25) is 0 Å². The molecule has 1 saturated carbocycles. The van der Waals surface area contributed by atoms with Crippen molar-refractivity contribution in [3.8, 4) is 0 Å². The Morgan fingerprint density at radius 3 is 1.04 bits per heavy atom. The zero-order valence-electron chi connectivity index (χ0n) is 18.4. The Labute approximate surface area is 194 Å². The van der Waals surface area contributed by atoms with Crippen molar-refractivity contribution in [2.45, 2.75) is 117 Å². The van der Waals surface area contributed by atoms with Gasteiger partial charge in [0.1, 0.15) is 0 Å². The van der Waals surface area contributed by atoms with Crippen molar-refractivity contribution >= 4 is 0 Å². The molecule has 1 aliphatic carbocycles. The molecule has 0 amide bonds. The van der Waals surface area contributed by atoms with E-state index in [9.17, 15) is 0 Å². The second-order valence-corrected chi connectivity index (χ2v) is 7.91. The first-order valence-corrected chi connectivity index (χ1v) is 11.3. The third-order valence-corrected chi connectivity index (χ3v) is 5.83. The fourth-order valence-electron chi connectivity index (χ4n) is 4.28. The van der Waals surface area contributed by atoms with Crippen LogP contribution in [0, 0.1) is 0 Å². The number of hydrogen-bond donors (Lipinski definition) is 0. The van der Waals surface area contributed by atoms with Crippen LogP contribution in [0.3, 0.4) is 0 Å². The predicted molar refractivity (Wildman–Crippen MR) is 109 cm³/mol. The van der Waals surface area contributed by atoms with Crippen molar-refractivity contribution in [1.82, 2.24) is 9.80 Å². The van der Waals surface area contributed by atoms with E-state index in [1.807, 2.05) is 0 Å². The zero-order valence-corrected chi connectivity index (χ0v) is 20.9. The van der Waals surface area contributed by atoms with Gasteiger partial charge in [-0.15, -0.1) is 0 Å². The van der Waals surface area contributed by atoms with Crippen LogP contribution in [0.1, 0.15) is 105 Å². The normalized spacial score (nSPS) is 19.3. The van der Waals surface area contributed by atoms with Gasteiger partial charge in [-0.2, -0.15) is 0 Å². The van der Waals surface area contributed by atoms with Crippen molar-refractivity contribution in [2.75, 3.05) is 26.2 Å². The Morgan fingerprint density at radius 2 is 0.815 bits per heavy atom. The van der Waals surface area contributed by atoms with Gasteiger partial charge in [-0.3, -0.25) is 9.80 Å². The molecule has 1 fully saturated rings. The molecular formula is C22H46Cl2CuN2. The average Bonchev–Trinajstić information content (AvgIpc) is 2.62. The molecule has 0 N–H and O–H groups in total. The van der Waals surface area contributed by atoms with Crippen LogP contribution in [0.4, 0.5) is 0 Å². The Kier molecular flexibility index (Phi) is 26.3. The second-order valence-electron chi connectivity index (χ2n) is 7.91. The van der Waals surface area contributed by atoms with Crippen LogP contribution in [0.15, 0.2) is 0 Å². The summed E-state index contributed by atoms with van der Waals surface area (Å²) >= 11 is 0. The second kappa shape index (κ2) is 21.7. The molecule has 5 heteroatoms. The summed E-state index contributed by atoms with van der Waals surface area (Å²) in [6.45, 7) is 14.7. The van der Waals surface area contributed by atoms with Crippen LogP contribution in [0.25, 0.3) is 0 Å². The third kappa shape index (κ3) is 13.0. The van der Waals surface area contributed by atoms with Gasteiger partial charge in [0, 0.05) is 12.1 Å². The summed E-state index contributed by atoms with van der Waals surface area (Å²) in [6.07, 6.45) is 16.6. The molecule has 0 bridgehead atoms. The standard InChI is InChI=1S/C22H46N2.2ClH.Cu/c1-5-9-17-23(18-10-6-2)21-15-13-14-16-22(21)24(19-11-7-3)20-12-8-4;;;/h21-22H,5-20H2,1-4H3;2*1H;/q;;;+2/p-2. The summed E-state index contributed by atoms with van der Waals surface area (Å²) in [5.41, 5.74) is 0. The summed E-state index contributed by atoms with van der Waals surface area (Å²) in [5.74, 6) is 0. The van der Waals surface area contributed by atoms with E-state index in [1.165, 1.54) is 103 Å². The molecule has 1 radical (unpaired) electrons. The number of hydrogen-bond acceptors (Lipinski definition) is 2. The maximum absolute atomic E-state index is 2.89. The molecular weight excluding hydrogens is 427 g/mol. The molecule has 0 heterocycles. The fraction of sp³-hybridized carbons (Fsp3) is 1.00. The van der Waals surface area contributed by atoms with Crippen LogP contribution >= 0.6 is 0 Å². The largest absolute Gasteiger partial charge is 2.00 e. The molecule has 0 aliphatic heterocycles. The Balaban J connectivity index is -0.00000192. The van der Waals surface area contributed by atoms with Gasteiger partial charge >= 0.3 is 17.1 Å². The first kappa shape index (κ1) is 32.7. The molecule has 0 spiro atoms. The number of halogens is 2. The number of rotatable bonds is 14. The molecule has 1 rings (SSSR count). The Hall–Kier alpha value is 1.02. The van der Waals surface area contributed by atoms with E-state index < -0.39 is 0 Å². The van der Waals surface area contributed by atoms with Gasteiger partial charge in [-0.05, 0) is 64.7 Å². The minimum atomic E-state index is 0.